The molecule has 7 nitrogen and oxygen atoms in total. The Balaban J connectivity index is 1.52. The number of morpholine rings is 1. The first-order valence-electron chi connectivity index (χ1n) is 8.19. The van der Waals surface area contributed by atoms with Gasteiger partial charge in [-0.25, -0.2) is 4.98 Å². The zero-order valence-electron chi connectivity index (χ0n) is 13.8. The van der Waals surface area contributed by atoms with Crippen LogP contribution in [-0.4, -0.2) is 50.3 Å². The predicted octanol–water partition coefficient (Wildman–Crippen LogP) is 2.53. The molecule has 132 valence electrons. The van der Waals surface area contributed by atoms with Gasteiger partial charge in [-0.1, -0.05) is 29.8 Å². The molecule has 1 atom stereocenters. The minimum Gasteiger partial charge on any atom is -0.370 e. The third-order valence-corrected chi connectivity index (χ3v) is 4.48. The van der Waals surface area contributed by atoms with E-state index in [0.717, 1.165) is 5.56 Å². The van der Waals surface area contributed by atoms with E-state index in [4.69, 9.17) is 16.3 Å². The zero-order chi connectivity index (χ0) is 17.9. The highest BCUT2D eigenvalue weighted by molar-refractivity contribution is 6.30. The largest absolute Gasteiger partial charge is 0.370 e. The van der Waals surface area contributed by atoms with Gasteiger partial charge in [0.1, 0.15) is 30.3 Å². The van der Waals surface area contributed by atoms with Gasteiger partial charge in [0.05, 0.1) is 13.2 Å². The number of halogens is 1. The average Bonchev–Trinajstić information content (AvgIpc) is 3.23. The van der Waals surface area contributed by atoms with Crippen LogP contribution in [0.4, 0.5) is 0 Å². The molecular weight excluding hydrogens is 354 g/mol. The number of pyridine rings is 1. The molecule has 1 fully saturated rings. The summed E-state index contributed by atoms with van der Waals surface area (Å²) in [6.07, 6.45) is 2.91. The van der Waals surface area contributed by atoms with Gasteiger partial charge in [0.15, 0.2) is 0 Å². The normalized spacial score (nSPS) is 17.3. The van der Waals surface area contributed by atoms with Crippen molar-refractivity contribution in [2.75, 3.05) is 19.7 Å². The molecule has 0 unspecified atom stereocenters. The average molecular weight is 370 g/mol. The number of amides is 1. The Morgan fingerprint density at radius 2 is 1.88 bits per heavy atom. The predicted molar refractivity (Wildman–Crippen MR) is 95.2 cm³/mol. The number of hydrogen-bond donors (Lipinski definition) is 0. The fraction of sp³-hybridized carbons (Fsp3) is 0.222. The second-order valence-corrected chi connectivity index (χ2v) is 6.35. The molecule has 1 saturated heterocycles. The van der Waals surface area contributed by atoms with Crippen molar-refractivity contribution in [3.63, 3.8) is 0 Å². The number of carbonyl (C=O) groups excluding carboxylic acids is 1. The maximum atomic E-state index is 12.9. The van der Waals surface area contributed by atoms with Gasteiger partial charge in [-0.15, -0.1) is 10.2 Å². The molecule has 4 rings (SSSR count). The molecule has 1 amide bonds. The minimum atomic E-state index is -0.175. The molecule has 1 aromatic carbocycles. The van der Waals surface area contributed by atoms with Crippen molar-refractivity contribution in [1.29, 1.82) is 0 Å². The van der Waals surface area contributed by atoms with E-state index in [9.17, 15) is 4.79 Å². The Morgan fingerprint density at radius 1 is 1.12 bits per heavy atom. The van der Waals surface area contributed by atoms with Gasteiger partial charge in [0.2, 0.25) is 0 Å². The summed E-state index contributed by atoms with van der Waals surface area (Å²) in [7, 11) is 0. The molecule has 2 aromatic heterocycles. The maximum Gasteiger partial charge on any atom is 0.272 e. The van der Waals surface area contributed by atoms with Crippen LogP contribution in [0, 0.1) is 0 Å². The third kappa shape index (κ3) is 3.44. The van der Waals surface area contributed by atoms with Gasteiger partial charge in [-0.3, -0.25) is 9.36 Å². The molecule has 1 aliphatic heterocycles. The Kier molecular flexibility index (Phi) is 4.64. The minimum absolute atomic E-state index is 0.123. The van der Waals surface area contributed by atoms with Crippen LogP contribution in [0.2, 0.25) is 5.02 Å². The van der Waals surface area contributed by atoms with E-state index in [2.05, 4.69) is 15.2 Å². The summed E-state index contributed by atoms with van der Waals surface area (Å²) >= 11 is 5.94. The summed E-state index contributed by atoms with van der Waals surface area (Å²) in [5.74, 6) is 0.477. The first-order valence-corrected chi connectivity index (χ1v) is 8.57. The van der Waals surface area contributed by atoms with Crippen LogP contribution in [-0.2, 0) is 4.74 Å². The van der Waals surface area contributed by atoms with Crippen LogP contribution in [0.3, 0.4) is 0 Å². The summed E-state index contributed by atoms with van der Waals surface area (Å²) in [4.78, 5) is 19.1. The van der Waals surface area contributed by atoms with Gasteiger partial charge < -0.3 is 9.64 Å². The second-order valence-electron chi connectivity index (χ2n) is 5.91. The van der Waals surface area contributed by atoms with Crippen molar-refractivity contribution in [1.82, 2.24) is 24.6 Å². The SMILES string of the molecule is O=C(c1cccc(-n2cnnc2)n1)N1CCO[C@@H](c2ccc(Cl)cc2)C1. The van der Waals surface area contributed by atoms with Crippen molar-refractivity contribution in [2.24, 2.45) is 0 Å². The standard InChI is InChI=1S/C18H16ClN5O2/c19-14-6-4-13(5-7-14)16-10-23(8-9-26-16)18(25)15-2-1-3-17(22-15)24-11-20-21-12-24/h1-7,11-12,16H,8-10H2/t16-/m1/s1. The Bertz CT molecular complexity index is 898. The van der Waals surface area contributed by atoms with Crippen LogP contribution >= 0.6 is 11.6 Å². The summed E-state index contributed by atoms with van der Waals surface area (Å²) in [5, 5.41) is 8.20. The van der Waals surface area contributed by atoms with Gasteiger partial charge in [0, 0.05) is 11.6 Å². The summed E-state index contributed by atoms with van der Waals surface area (Å²) in [6, 6.07) is 12.8. The van der Waals surface area contributed by atoms with Crippen LogP contribution in [0.1, 0.15) is 22.2 Å². The lowest BCUT2D eigenvalue weighted by Gasteiger charge is -2.33. The van der Waals surface area contributed by atoms with Crippen molar-refractivity contribution in [3.05, 3.63) is 71.4 Å². The van der Waals surface area contributed by atoms with E-state index in [-0.39, 0.29) is 12.0 Å². The van der Waals surface area contributed by atoms with Crippen molar-refractivity contribution >= 4 is 17.5 Å². The lowest BCUT2D eigenvalue weighted by Crippen LogP contribution is -2.42. The Hall–Kier alpha value is -2.77. The second kappa shape index (κ2) is 7.23. The smallest absolute Gasteiger partial charge is 0.272 e. The molecule has 1 aliphatic rings. The fourth-order valence-corrected chi connectivity index (χ4v) is 3.01. The van der Waals surface area contributed by atoms with Gasteiger partial charge in [-0.05, 0) is 29.8 Å². The van der Waals surface area contributed by atoms with Gasteiger partial charge >= 0.3 is 0 Å². The van der Waals surface area contributed by atoms with Crippen molar-refractivity contribution < 1.29 is 9.53 Å². The summed E-state index contributed by atoms with van der Waals surface area (Å²) in [5.41, 5.74) is 1.38. The Morgan fingerprint density at radius 3 is 2.65 bits per heavy atom. The highest BCUT2D eigenvalue weighted by Crippen LogP contribution is 2.24. The summed E-state index contributed by atoms with van der Waals surface area (Å²) < 4.78 is 7.48. The van der Waals surface area contributed by atoms with Crippen LogP contribution in [0.15, 0.2) is 55.1 Å². The van der Waals surface area contributed by atoms with E-state index < -0.39 is 0 Å². The first-order chi connectivity index (χ1) is 12.7. The van der Waals surface area contributed by atoms with E-state index >= 15 is 0 Å². The summed E-state index contributed by atoms with van der Waals surface area (Å²) in [6.45, 7) is 1.48. The number of hydrogen-bond acceptors (Lipinski definition) is 5. The zero-order valence-corrected chi connectivity index (χ0v) is 14.6. The fourth-order valence-electron chi connectivity index (χ4n) is 2.88. The van der Waals surface area contributed by atoms with E-state index in [1.807, 2.05) is 24.3 Å². The van der Waals surface area contributed by atoms with E-state index in [0.29, 0.717) is 36.2 Å². The first kappa shape index (κ1) is 16.7. The molecule has 3 heterocycles. The highest BCUT2D eigenvalue weighted by atomic mass is 35.5. The van der Waals surface area contributed by atoms with Crippen LogP contribution in [0.5, 0.6) is 0 Å². The number of nitrogens with zero attached hydrogens (tertiary/aromatic N) is 5. The van der Waals surface area contributed by atoms with Crippen LogP contribution < -0.4 is 0 Å². The molecule has 3 aromatic rings. The van der Waals surface area contributed by atoms with Gasteiger partial charge in [0.25, 0.3) is 5.91 Å². The molecule has 26 heavy (non-hydrogen) atoms. The lowest BCUT2D eigenvalue weighted by atomic mass is 10.1. The lowest BCUT2D eigenvalue weighted by molar-refractivity contribution is -0.0230. The van der Waals surface area contributed by atoms with Crippen molar-refractivity contribution in [3.8, 4) is 5.82 Å². The van der Waals surface area contributed by atoms with Gasteiger partial charge in [-0.2, -0.15) is 0 Å². The van der Waals surface area contributed by atoms with Crippen LogP contribution in [0.25, 0.3) is 5.82 Å². The molecule has 0 radical (unpaired) electrons. The number of rotatable bonds is 3. The number of aromatic nitrogens is 4. The highest BCUT2D eigenvalue weighted by Gasteiger charge is 2.27. The Labute approximate surface area is 155 Å². The van der Waals surface area contributed by atoms with Crippen molar-refractivity contribution in [2.45, 2.75) is 6.10 Å². The number of ether oxygens (including phenoxy) is 1. The molecule has 8 heteroatoms. The molecular formula is C18H16ClN5O2. The molecule has 0 N–H and O–H groups in total. The molecule has 0 bridgehead atoms. The number of benzene rings is 1. The van der Waals surface area contributed by atoms with E-state index in [1.165, 1.54) is 0 Å². The third-order valence-electron chi connectivity index (χ3n) is 4.23. The molecule has 0 saturated carbocycles. The maximum absolute atomic E-state index is 12.9. The molecule has 0 aliphatic carbocycles. The monoisotopic (exact) mass is 369 g/mol. The quantitative estimate of drug-likeness (QED) is 0.709. The number of carbonyl (C=O) groups is 1. The van der Waals surface area contributed by atoms with E-state index in [1.54, 1.807) is 40.3 Å². The topological polar surface area (TPSA) is 73.1 Å². The molecule has 0 spiro atoms.